The molecule has 0 radical (unpaired) electrons. The highest BCUT2D eigenvalue weighted by molar-refractivity contribution is 7.13. The Morgan fingerprint density at radius 1 is 1.08 bits per heavy atom. The minimum Gasteiger partial charge on any atom is -0.443 e. The molecule has 0 bridgehead atoms. The van der Waals surface area contributed by atoms with Gasteiger partial charge >= 0.3 is 5.97 Å². The number of carbonyl (C=O) groups is 2. The van der Waals surface area contributed by atoms with Gasteiger partial charge in [-0.05, 0) is 24.3 Å². The molecule has 0 saturated heterocycles. The Bertz CT molecular complexity index is 894. The lowest BCUT2D eigenvalue weighted by atomic mass is 10.1. The second-order valence-electron chi connectivity index (χ2n) is 5.14. The Balaban J connectivity index is 1.79. The van der Waals surface area contributed by atoms with E-state index in [1.54, 1.807) is 42.5 Å². The van der Waals surface area contributed by atoms with Crippen LogP contribution < -0.4 is 5.73 Å². The second-order valence-corrected chi connectivity index (χ2v) is 6.00. The smallest absolute Gasteiger partial charge is 0.358 e. The number of rotatable bonds is 5. The fourth-order valence-electron chi connectivity index (χ4n) is 2.18. The van der Waals surface area contributed by atoms with Crippen molar-refractivity contribution in [1.82, 2.24) is 4.98 Å². The molecule has 3 aromatic rings. The maximum atomic E-state index is 13.0. The Labute approximate surface area is 146 Å². The van der Waals surface area contributed by atoms with E-state index in [-0.39, 0.29) is 11.5 Å². The number of halogens is 1. The average Bonchev–Trinajstić information content (AvgIpc) is 3.11. The number of primary amides is 1. The molecular weight excluding hydrogens is 343 g/mol. The molecule has 0 fully saturated rings. The van der Waals surface area contributed by atoms with Gasteiger partial charge in [0.05, 0.1) is 0 Å². The van der Waals surface area contributed by atoms with Crippen molar-refractivity contribution in [2.75, 3.05) is 0 Å². The summed E-state index contributed by atoms with van der Waals surface area (Å²) in [6.45, 7) is 0. The van der Waals surface area contributed by atoms with Gasteiger partial charge in [0.2, 0.25) is 6.10 Å². The van der Waals surface area contributed by atoms with Crippen molar-refractivity contribution in [3.05, 3.63) is 77.1 Å². The molecular formula is C18H13FN2O3S. The third-order valence-corrected chi connectivity index (χ3v) is 4.28. The van der Waals surface area contributed by atoms with Crippen molar-refractivity contribution in [3.63, 3.8) is 0 Å². The molecule has 126 valence electrons. The quantitative estimate of drug-likeness (QED) is 0.711. The summed E-state index contributed by atoms with van der Waals surface area (Å²) in [5, 5.41) is 2.06. The first-order valence-corrected chi connectivity index (χ1v) is 8.19. The van der Waals surface area contributed by atoms with Crippen LogP contribution >= 0.6 is 11.3 Å². The molecule has 25 heavy (non-hydrogen) atoms. The SMILES string of the molecule is NC(=O)[C@H](OC(=O)c1csc(-c2ccc(F)cc2)n1)c1ccccc1. The number of aromatic nitrogens is 1. The summed E-state index contributed by atoms with van der Waals surface area (Å²) in [4.78, 5) is 28.1. The topological polar surface area (TPSA) is 82.3 Å². The van der Waals surface area contributed by atoms with Gasteiger partial charge in [0.25, 0.3) is 5.91 Å². The van der Waals surface area contributed by atoms with Gasteiger partial charge in [0.1, 0.15) is 10.8 Å². The van der Waals surface area contributed by atoms with Crippen molar-refractivity contribution in [2.45, 2.75) is 6.10 Å². The predicted octanol–water partition coefficient (Wildman–Crippen LogP) is 3.33. The summed E-state index contributed by atoms with van der Waals surface area (Å²) in [5.41, 5.74) is 6.56. The Morgan fingerprint density at radius 2 is 1.76 bits per heavy atom. The van der Waals surface area contributed by atoms with Gasteiger partial charge in [-0.1, -0.05) is 30.3 Å². The summed E-state index contributed by atoms with van der Waals surface area (Å²) in [5.74, 6) is -1.88. The highest BCUT2D eigenvalue weighted by Crippen LogP contribution is 2.25. The zero-order valence-corrected chi connectivity index (χ0v) is 13.7. The van der Waals surface area contributed by atoms with Crippen molar-refractivity contribution in [1.29, 1.82) is 0 Å². The Kier molecular flexibility index (Phi) is 4.85. The highest BCUT2D eigenvalue weighted by atomic mass is 32.1. The number of hydrogen-bond donors (Lipinski definition) is 1. The minimum atomic E-state index is -1.19. The number of benzene rings is 2. The normalized spacial score (nSPS) is 11.7. The molecule has 2 N–H and O–H groups in total. The number of esters is 1. The lowest BCUT2D eigenvalue weighted by molar-refractivity contribution is -0.127. The maximum absolute atomic E-state index is 13.0. The van der Waals surface area contributed by atoms with E-state index in [1.165, 1.54) is 28.8 Å². The van der Waals surface area contributed by atoms with Gasteiger partial charge in [0.15, 0.2) is 5.69 Å². The molecule has 1 heterocycles. The van der Waals surface area contributed by atoms with Crippen LogP contribution in [0.1, 0.15) is 22.2 Å². The van der Waals surface area contributed by atoms with E-state index in [4.69, 9.17) is 10.5 Å². The fraction of sp³-hybridized carbons (Fsp3) is 0.0556. The number of nitrogens with two attached hydrogens (primary N) is 1. The second kappa shape index (κ2) is 7.23. The summed E-state index contributed by atoms with van der Waals surface area (Å²) >= 11 is 1.22. The van der Waals surface area contributed by atoms with Crippen molar-refractivity contribution in [3.8, 4) is 10.6 Å². The molecule has 1 amide bonds. The largest absolute Gasteiger partial charge is 0.443 e. The van der Waals surface area contributed by atoms with Gasteiger partial charge < -0.3 is 10.5 Å². The summed E-state index contributed by atoms with van der Waals surface area (Å²) in [6.07, 6.45) is -1.19. The molecule has 5 nitrogen and oxygen atoms in total. The zero-order chi connectivity index (χ0) is 17.8. The van der Waals surface area contributed by atoms with E-state index in [1.807, 2.05) is 0 Å². The number of carbonyl (C=O) groups excluding carboxylic acids is 2. The van der Waals surface area contributed by atoms with Gasteiger partial charge in [-0.3, -0.25) is 4.79 Å². The molecule has 2 aromatic carbocycles. The van der Waals surface area contributed by atoms with Crippen LogP contribution in [0.2, 0.25) is 0 Å². The molecule has 7 heteroatoms. The van der Waals surface area contributed by atoms with Crippen LogP contribution in [-0.2, 0) is 9.53 Å². The Morgan fingerprint density at radius 3 is 2.40 bits per heavy atom. The first-order chi connectivity index (χ1) is 12.0. The van der Waals surface area contributed by atoms with Crippen LogP contribution in [0, 0.1) is 5.82 Å². The highest BCUT2D eigenvalue weighted by Gasteiger charge is 2.24. The van der Waals surface area contributed by atoms with Crippen LogP contribution in [-0.4, -0.2) is 16.9 Å². The van der Waals surface area contributed by atoms with E-state index < -0.39 is 18.0 Å². The maximum Gasteiger partial charge on any atom is 0.358 e. The van der Waals surface area contributed by atoms with Crippen molar-refractivity contribution in [2.24, 2.45) is 5.73 Å². The van der Waals surface area contributed by atoms with Crippen LogP contribution in [0.15, 0.2) is 60.0 Å². The van der Waals surface area contributed by atoms with Crippen LogP contribution in [0.4, 0.5) is 4.39 Å². The van der Waals surface area contributed by atoms with Crippen molar-refractivity contribution >= 4 is 23.2 Å². The molecule has 0 saturated carbocycles. The number of thiazole rings is 1. The van der Waals surface area contributed by atoms with Crippen LogP contribution in [0.25, 0.3) is 10.6 Å². The van der Waals surface area contributed by atoms with E-state index >= 15 is 0 Å². The van der Waals surface area contributed by atoms with E-state index in [0.29, 0.717) is 16.1 Å². The molecule has 1 atom stereocenters. The monoisotopic (exact) mass is 356 g/mol. The number of nitrogens with zero attached hydrogens (tertiary/aromatic N) is 1. The molecule has 0 aliphatic rings. The molecule has 3 rings (SSSR count). The first kappa shape index (κ1) is 16.8. The van der Waals surface area contributed by atoms with Crippen molar-refractivity contribution < 1.29 is 18.7 Å². The molecule has 0 spiro atoms. The van der Waals surface area contributed by atoms with Crippen LogP contribution in [0.5, 0.6) is 0 Å². The zero-order valence-electron chi connectivity index (χ0n) is 12.9. The van der Waals surface area contributed by atoms with Gasteiger partial charge in [-0.25, -0.2) is 14.2 Å². The minimum absolute atomic E-state index is 0.0616. The third-order valence-electron chi connectivity index (χ3n) is 3.39. The number of ether oxygens (including phenoxy) is 1. The van der Waals surface area contributed by atoms with Gasteiger partial charge in [0, 0.05) is 16.5 Å². The fourth-order valence-corrected chi connectivity index (χ4v) is 2.97. The predicted molar refractivity (Wildman–Crippen MR) is 91.3 cm³/mol. The molecule has 0 aliphatic heterocycles. The average molecular weight is 356 g/mol. The third kappa shape index (κ3) is 3.89. The molecule has 0 unspecified atom stereocenters. The van der Waals surface area contributed by atoms with Gasteiger partial charge in [-0.2, -0.15) is 0 Å². The lowest BCUT2D eigenvalue weighted by Gasteiger charge is -2.14. The van der Waals surface area contributed by atoms with E-state index in [0.717, 1.165) is 0 Å². The molecule has 0 aliphatic carbocycles. The standard InChI is InChI=1S/C18H13FN2O3S/c19-13-8-6-12(7-9-13)17-21-14(10-25-17)18(23)24-15(16(20)22)11-4-2-1-3-5-11/h1-10,15H,(H2,20,22)/t15-/m1/s1. The number of amides is 1. The first-order valence-electron chi connectivity index (χ1n) is 7.31. The van der Waals surface area contributed by atoms with E-state index in [2.05, 4.69) is 4.98 Å². The lowest BCUT2D eigenvalue weighted by Crippen LogP contribution is -2.26. The van der Waals surface area contributed by atoms with E-state index in [9.17, 15) is 14.0 Å². The Hall–Kier alpha value is -3.06. The van der Waals surface area contributed by atoms with Crippen LogP contribution in [0.3, 0.4) is 0 Å². The van der Waals surface area contributed by atoms with Gasteiger partial charge in [-0.15, -0.1) is 11.3 Å². The summed E-state index contributed by atoms with van der Waals surface area (Å²) in [7, 11) is 0. The molecule has 1 aromatic heterocycles. The summed E-state index contributed by atoms with van der Waals surface area (Å²) in [6, 6.07) is 14.3. The number of hydrogen-bond acceptors (Lipinski definition) is 5. The summed E-state index contributed by atoms with van der Waals surface area (Å²) < 4.78 is 18.2.